The minimum Gasteiger partial charge on any atom is -0.355 e. The van der Waals surface area contributed by atoms with Crippen LogP contribution in [0.5, 0.6) is 0 Å². The van der Waals surface area contributed by atoms with Gasteiger partial charge in [-0.05, 0) is 0 Å². The van der Waals surface area contributed by atoms with E-state index in [2.05, 4.69) is 0 Å². The summed E-state index contributed by atoms with van der Waals surface area (Å²) in [6.07, 6.45) is 0. The van der Waals surface area contributed by atoms with Gasteiger partial charge in [0.2, 0.25) is 0 Å². The molecule has 216 valence electrons. The van der Waals surface area contributed by atoms with Gasteiger partial charge < -0.3 is 77.8 Å². The minimum absolute atomic E-state index is 1.24. The van der Waals surface area contributed by atoms with Crippen LogP contribution in [0.3, 0.4) is 0 Å². The molecule has 1 saturated heterocycles. The highest BCUT2D eigenvalue weighted by Crippen LogP contribution is 2.33. The van der Waals surface area contributed by atoms with E-state index in [-0.39, 0.29) is 0 Å². The summed E-state index contributed by atoms with van der Waals surface area (Å²) in [4.78, 5) is 0. The number of rotatable bonds is 12. The Labute approximate surface area is 217 Å². The molecule has 0 saturated carbocycles. The molecule has 0 spiro atoms. The molecule has 0 bridgehead atoms. The van der Waals surface area contributed by atoms with Gasteiger partial charge in [0, 0.05) is 85.3 Å². The van der Waals surface area contributed by atoms with Crippen LogP contribution in [0, 0.1) is 0 Å². The van der Waals surface area contributed by atoms with Crippen molar-refractivity contribution in [3.05, 3.63) is 0 Å². The van der Waals surface area contributed by atoms with E-state index >= 15 is 0 Å². The van der Waals surface area contributed by atoms with Crippen molar-refractivity contribution in [2.24, 2.45) is 0 Å². The van der Waals surface area contributed by atoms with Crippen LogP contribution in [0.1, 0.15) is 0 Å². The molecule has 0 unspecified atom stereocenters. The van der Waals surface area contributed by atoms with E-state index in [0.717, 1.165) is 0 Å². The molecule has 1 aliphatic heterocycles. The van der Waals surface area contributed by atoms with Crippen LogP contribution in [0.25, 0.3) is 0 Å². The van der Waals surface area contributed by atoms with Crippen LogP contribution in [-0.4, -0.2) is 140 Å². The minimum atomic E-state index is -4.36. The Morgan fingerprint density at radius 1 is 0.222 bits per heavy atom. The molecule has 0 aromatic rings. The first-order chi connectivity index (χ1) is 17.0. The molecule has 1 heterocycles. The molecule has 0 atom stereocenters. The zero-order valence-electron chi connectivity index (χ0n) is 22.3. The first kappa shape index (κ1) is 34.6. The quantitative estimate of drug-likeness (QED) is 0.226. The van der Waals surface area contributed by atoms with Gasteiger partial charge in [0.1, 0.15) is 0 Å². The van der Waals surface area contributed by atoms with Crippen LogP contribution in [0.4, 0.5) is 0 Å². The van der Waals surface area contributed by atoms with E-state index in [1.54, 1.807) is 0 Å². The van der Waals surface area contributed by atoms with Crippen LogP contribution in [0.15, 0.2) is 0 Å². The summed E-state index contributed by atoms with van der Waals surface area (Å²) < 4.78 is 102. The third kappa shape index (κ3) is 7.40. The molecule has 1 fully saturated rings. The maximum atomic E-state index is 6.04. The molecular formula is C12H36O18Si6. The largest absolute Gasteiger partial charge is 0.667 e. The number of hydrogen-bond acceptors (Lipinski definition) is 18. The fraction of sp³-hybridized carbons (Fsp3) is 1.00. The standard InChI is InChI=1S/C12H36O18Si6/c1-13-31(14-2)25-32(15-3,16-4)27-34(19-7,20-8)29-36(23-11,24-12)30-35(21-9,22-10)28-33(17-5,18-6)26-31/h1-12H3. The van der Waals surface area contributed by atoms with E-state index in [9.17, 15) is 0 Å². The fourth-order valence-corrected chi connectivity index (χ4v) is 22.1. The van der Waals surface area contributed by atoms with Gasteiger partial charge in [0.05, 0.1) is 0 Å². The first-order valence-electron chi connectivity index (χ1n) is 9.80. The van der Waals surface area contributed by atoms with Gasteiger partial charge in [-0.2, -0.15) is 0 Å². The lowest BCUT2D eigenvalue weighted by Gasteiger charge is -2.43. The second kappa shape index (κ2) is 14.3. The molecule has 0 radical (unpaired) electrons. The zero-order chi connectivity index (χ0) is 27.7. The van der Waals surface area contributed by atoms with Gasteiger partial charge >= 0.3 is 54.3 Å². The molecule has 0 aliphatic carbocycles. The van der Waals surface area contributed by atoms with Crippen molar-refractivity contribution in [1.82, 2.24) is 0 Å². The lowest BCUT2D eigenvalue weighted by atomic mass is 11.8. The second-order valence-electron chi connectivity index (χ2n) is 6.06. The Balaban J connectivity index is 3.98. The summed E-state index contributed by atoms with van der Waals surface area (Å²) in [6.45, 7) is 0. The smallest absolute Gasteiger partial charge is 0.355 e. The van der Waals surface area contributed by atoms with Crippen molar-refractivity contribution < 1.29 is 77.8 Å². The van der Waals surface area contributed by atoms with E-state index < -0.39 is 54.3 Å². The van der Waals surface area contributed by atoms with Gasteiger partial charge in [-0.3, -0.25) is 0 Å². The van der Waals surface area contributed by atoms with Crippen molar-refractivity contribution >= 4 is 54.3 Å². The average molecular weight is 637 g/mol. The van der Waals surface area contributed by atoms with Crippen LogP contribution in [0.2, 0.25) is 0 Å². The van der Waals surface area contributed by atoms with Gasteiger partial charge in [-0.15, -0.1) is 0 Å². The highest BCUT2D eigenvalue weighted by Gasteiger charge is 2.74. The molecule has 0 amide bonds. The maximum Gasteiger partial charge on any atom is 0.667 e. The molecule has 0 aromatic carbocycles. The topological polar surface area (TPSA) is 166 Å². The highest BCUT2D eigenvalue weighted by atomic mass is 28.6. The van der Waals surface area contributed by atoms with E-state index in [1.165, 1.54) is 85.3 Å². The van der Waals surface area contributed by atoms with E-state index in [1.807, 2.05) is 0 Å². The lowest BCUT2D eigenvalue weighted by molar-refractivity contribution is -0.0834. The average Bonchev–Trinajstić information content (AvgIpc) is 2.94. The normalized spacial score (nSPS) is 25.0. The SMILES string of the molecule is CO[Si]1(OC)O[Si](OC)(OC)O[Si](OC)(OC)O[Si](OC)(OC)O[Si](OC)(OC)O[Si](OC)(OC)O1. The Morgan fingerprint density at radius 2 is 0.306 bits per heavy atom. The predicted octanol–water partition coefficient (Wildman–Crippen LogP) is -1.53. The molecule has 1 aliphatic rings. The van der Waals surface area contributed by atoms with Crippen molar-refractivity contribution in [2.75, 3.05) is 85.3 Å². The Kier molecular flexibility index (Phi) is 13.7. The first-order valence-corrected chi connectivity index (χ1v) is 19.6. The summed E-state index contributed by atoms with van der Waals surface area (Å²) in [5.74, 6) is 0. The van der Waals surface area contributed by atoms with E-state index in [4.69, 9.17) is 77.8 Å². The second-order valence-corrected chi connectivity index (χ2v) is 21.9. The summed E-state index contributed by atoms with van der Waals surface area (Å²) >= 11 is 0. The lowest BCUT2D eigenvalue weighted by Crippen LogP contribution is -2.75. The highest BCUT2D eigenvalue weighted by molar-refractivity contribution is 6.83. The molecule has 1 rings (SSSR count). The Morgan fingerprint density at radius 3 is 0.361 bits per heavy atom. The van der Waals surface area contributed by atoms with Gasteiger partial charge in [0.15, 0.2) is 0 Å². The third-order valence-electron chi connectivity index (χ3n) is 4.50. The third-order valence-corrected chi connectivity index (χ3v) is 22.5. The zero-order valence-corrected chi connectivity index (χ0v) is 28.3. The molecule has 0 aromatic heterocycles. The maximum absolute atomic E-state index is 6.04. The summed E-state index contributed by atoms with van der Waals surface area (Å²) in [5, 5.41) is 0. The van der Waals surface area contributed by atoms with Crippen LogP contribution < -0.4 is 0 Å². The molecular weight excluding hydrogens is 601 g/mol. The molecule has 36 heavy (non-hydrogen) atoms. The van der Waals surface area contributed by atoms with Crippen molar-refractivity contribution in [3.8, 4) is 0 Å². The van der Waals surface area contributed by atoms with E-state index in [0.29, 0.717) is 0 Å². The Bertz CT molecular complexity index is 474. The van der Waals surface area contributed by atoms with Gasteiger partial charge in [0.25, 0.3) is 0 Å². The number of hydrogen-bond donors (Lipinski definition) is 0. The predicted molar refractivity (Wildman–Crippen MR) is 125 cm³/mol. The van der Waals surface area contributed by atoms with Crippen LogP contribution in [-0.2, 0) is 77.8 Å². The van der Waals surface area contributed by atoms with Crippen molar-refractivity contribution in [3.63, 3.8) is 0 Å². The van der Waals surface area contributed by atoms with Crippen molar-refractivity contribution in [2.45, 2.75) is 0 Å². The van der Waals surface area contributed by atoms with Gasteiger partial charge in [-0.25, -0.2) is 0 Å². The Hall–Kier alpha value is 0.581. The summed E-state index contributed by atoms with van der Waals surface area (Å²) in [6, 6.07) is 0. The summed E-state index contributed by atoms with van der Waals surface area (Å²) in [5.41, 5.74) is 0. The van der Waals surface area contributed by atoms with Crippen LogP contribution >= 0.6 is 0 Å². The summed E-state index contributed by atoms with van der Waals surface area (Å²) in [7, 11) is -11.2. The monoisotopic (exact) mass is 636 g/mol. The molecule has 24 heteroatoms. The molecule has 18 nitrogen and oxygen atoms in total. The van der Waals surface area contributed by atoms with Gasteiger partial charge in [-0.1, -0.05) is 0 Å². The fourth-order valence-electron chi connectivity index (χ4n) is 2.54. The van der Waals surface area contributed by atoms with Crippen molar-refractivity contribution in [1.29, 1.82) is 0 Å². The molecule has 0 N–H and O–H groups in total.